The molecule has 1 aromatic heterocycles. The van der Waals surface area contributed by atoms with Crippen LogP contribution in [0.3, 0.4) is 0 Å². The van der Waals surface area contributed by atoms with E-state index in [-0.39, 0.29) is 4.90 Å². The predicted molar refractivity (Wildman–Crippen MR) is 77.7 cm³/mol. The second-order valence-electron chi connectivity index (χ2n) is 5.58. The summed E-state index contributed by atoms with van der Waals surface area (Å²) in [5, 5.41) is 7.73. The molecule has 116 valence electrons. The van der Waals surface area contributed by atoms with Gasteiger partial charge in [-0.3, -0.25) is 0 Å². The minimum absolute atomic E-state index is 0.288. The van der Waals surface area contributed by atoms with Gasteiger partial charge in [-0.15, -0.1) is 5.10 Å². The van der Waals surface area contributed by atoms with Crippen LogP contribution in [0.2, 0.25) is 0 Å². The van der Waals surface area contributed by atoms with E-state index in [0.29, 0.717) is 25.7 Å². The number of ether oxygens (including phenoxy) is 1. The van der Waals surface area contributed by atoms with Crippen LogP contribution in [0, 0.1) is 0 Å². The van der Waals surface area contributed by atoms with Gasteiger partial charge in [0.05, 0.1) is 36.0 Å². The zero-order chi connectivity index (χ0) is 15.2. The van der Waals surface area contributed by atoms with Gasteiger partial charge in [0.1, 0.15) is 5.75 Å². The molecule has 0 saturated heterocycles. The molecule has 0 radical (unpaired) electrons. The van der Waals surface area contributed by atoms with Gasteiger partial charge in [-0.2, -0.15) is 4.31 Å². The van der Waals surface area contributed by atoms with Crippen LogP contribution in [0.25, 0.3) is 0 Å². The molecule has 0 N–H and O–H groups in total. The van der Waals surface area contributed by atoms with E-state index in [1.54, 1.807) is 35.1 Å². The first-order chi connectivity index (χ1) is 10.6. The minimum atomic E-state index is -3.50. The first kappa shape index (κ1) is 13.7. The Kier molecular flexibility index (Phi) is 3.16. The Morgan fingerprint density at radius 1 is 1.14 bits per heavy atom. The molecule has 1 aliphatic heterocycles. The lowest BCUT2D eigenvalue weighted by molar-refractivity contribution is 0.303. The van der Waals surface area contributed by atoms with Crippen LogP contribution in [0.15, 0.2) is 35.4 Å². The van der Waals surface area contributed by atoms with Gasteiger partial charge >= 0.3 is 0 Å². The zero-order valence-electron chi connectivity index (χ0n) is 11.9. The minimum Gasteiger partial charge on any atom is -0.490 e. The van der Waals surface area contributed by atoms with Crippen molar-refractivity contribution in [2.24, 2.45) is 0 Å². The molecule has 22 heavy (non-hydrogen) atoms. The average Bonchev–Trinajstić information content (AvgIpc) is 3.21. The smallest absolute Gasteiger partial charge is 0.243 e. The molecule has 4 rings (SSSR count). The predicted octanol–water partition coefficient (Wildman–Crippen LogP) is 1.02. The number of hydrogen-bond donors (Lipinski definition) is 0. The van der Waals surface area contributed by atoms with Crippen LogP contribution in [0.4, 0.5) is 0 Å². The Bertz CT molecular complexity index is 781. The number of aromatic nitrogens is 3. The Morgan fingerprint density at radius 3 is 2.64 bits per heavy atom. The molecule has 0 amide bonds. The fourth-order valence-corrected chi connectivity index (χ4v) is 3.88. The summed E-state index contributed by atoms with van der Waals surface area (Å²) in [6, 6.07) is 6.66. The highest BCUT2D eigenvalue weighted by Crippen LogP contribution is 2.28. The highest BCUT2D eigenvalue weighted by atomic mass is 32.2. The van der Waals surface area contributed by atoms with Crippen molar-refractivity contribution in [1.29, 1.82) is 0 Å². The summed E-state index contributed by atoms with van der Waals surface area (Å²) >= 11 is 0. The highest BCUT2D eigenvalue weighted by molar-refractivity contribution is 7.89. The van der Waals surface area contributed by atoms with Crippen molar-refractivity contribution in [3.05, 3.63) is 36.2 Å². The number of benzene rings is 1. The van der Waals surface area contributed by atoms with E-state index in [0.717, 1.165) is 24.3 Å². The molecule has 1 saturated carbocycles. The van der Waals surface area contributed by atoms with Crippen LogP contribution in [-0.2, 0) is 23.1 Å². The number of hydrogen-bond acceptors (Lipinski definition) is 5. The molecule has 0 unspecified atom stereocenters. The quantitative estimate of drug-likeness (QED) is 0.840. The molecule has 0 bridgehead atoms. The molecule has 2 aliphatic rings. The lowest BCUT2D eigenvalue weighted by Gasteiger charge is -2.26. The number of rotatable bonds is 4. The molecule has 2 aromatic rings. The molecule has 0 spiro atoms. The summed E-state index contributed by atoms with van der Waals surface area (Å²) in [7, 11) is -3.50. The van der Waals surface area contributed by atoms with Gasteiger partial charge in [0.25, 0.3) is 0 Å². The topological polar surface area (TPSA) is 77.3 Å². The summed E-state index contributed by atoms with van der Waals surface area (Å²) in [5.74, 6) is 0.724. The Hall–Kier alpha value is -1.93. The van der Waals surface area contributed by atoms with Crippen molar-refractivity contribution in [2.45, 2.75) is 36.9 Å². The maximum atomic E-state index is 12.7. The van der Waals surface area contributed by atoms with Gasteiger partial charge in [0.15, 0.2) is 0 Å². The molecule has 8 heteroatoms. The Balaban J connectivity index is 1.55. The van der Waals surface area contributed by atoms with Crippen LogP contribution in [0.1, 0.15) is 18.5 Å². The normalized spacial score (nSPS) is 18.9. The van der Waals surface area contributed by atoms with Gasteiger partial charge in [-0.05, 0) is 37.1 Å². The van der Waals surface area contributed by atoms with E-state index < -0.39 is 10.0 Å². The van der Waals surface area contributed by atoms with Crippen LogP contribution in [0.5, 0.6) is 5.75 Å². The summed E-state index contributed by atoms with van der Waals surface area (Å²) in [4.78, 5) is 0.288. The van der Waals surface area contributed by atoms with Gasteiger partial charge in [0, 0.05) is 6.54 Å². The molecule has 1 aromatic carbocycles. The van der Waals surface area contributed by atoms with E-state index in [1.807, 2.05) is 0 Å². The standard InChI is InChI=1S/C14H16N4O3S/c19-22(20,17-7-8-18-11(10-17)9-15-16-18)14-5-3-13(4-6-14)21-12-1-2-12/h3-6,9,12H,1-2,7-8,10H2. The molecular formula is C14H16N4O3S. The second-order valence-corrected chi connectivity index (χ2v) is 7.51. The van der Waals surface area contributed by atoms with Crippen molar-refractivity contribution in [1.82, 2.24) is 19.3 Å². The van der Waals surface area contributed by atoms with Crippen molar-refractivity contribution >= 4 is 10.0 Å². The Morgan fingerprint density at radius 2 is 1.91 bits per heavy atom. The molecule has 7 nitrogen and oxygen atoms in total. The van der Waals surface area contributed by atoms with E-state index in [1.165, 1.54) is 4.31 Å². The number of sulfonamides is 1. The van der Waals surface area contributed by atoms with E-state index in [9.17, 15) is 8.42 Å². The monoisotopic (exact) mass is 320 g/mol. The summed E-state index contributed by atoms with van der Waals surface area (Å²) in [5.41, 5.74) is 0.809. The number of fused-ring (bicyclic) bond motifs is 1. The van der Waals surface area contributed by atoms with Gasteiger partial charge in [-0.1, -0.05) is 5.21 Å². The van der Waals surface area contributed by atoms with E-state index in [2.05, 4.69) is 10.3 Å². The molecule has 2 heterocycles. The summed E-state index contributed by atoms with van der Waals surface area (Å²) < 4.78 is 34.2. The first-order valence-corrected chi connectivity index (χ1v) is 8.71. The first-order valence-electron chi connectivity index (χ1n) is 7.27. The molecule has 0 atom stereocenters. The number of nitrogens with zero attached hydrogens (tertiary/aromatic N) is 4. The van der Waals surface area contributed by atoms with Crippen LogP contribution >= 0.6 is 0 Å². The fraction of sp³-hybridized carbons (Fsp3) is 0.429. The van der Waals surface area contributed by atoms with Crippen molar-refractivity contribution in [3.8, 4) is 5.75 Å². The van der Waals surface area contributed by atoms with Crippen molar-refractivity contribution < 1.29 is 13.2 Å². The lowest BCUT2D eigenvalue weighted by Crippen LogP contribution is -2.38. The summed E-state index contributed by atoms with van der Waals surface area (Å²) in [6.07, 6.45) is 4.07. The van der Waals surface area contributed by atoms with Crippen LogP contribution < -0.4 is 4.74 Å². The maximum absolute atomic E-state index is 12.7. The van der Waals surface area contributed by atoms with Crippen molar-refractivity contribution in [2.75, 3.05) is 6.54 Å². The van der Waals surface area contributed by atoms with Crippen LogP contribution in [-0.4, -0.2) is 40.4 Å². The van der Waals surface area contributed by atoms with Gasteiger partial charge in [-0.25, -0.2) is 13.1 Å². The second kappa shape index (κ2) is 5.06. The van der Waals surface area contributed by atoms with Crippen molar-refractivity contribution in [3.63, 3.8) is 0 Å². The molecular weight excluding hydrogens is 304 g/mol. The summed E-state index contributed by atoms with van der Waals surface area (Å²) in [6.45, 7) is 1.23. The maximum Gasteiger partial charge on any atom is 0.243 e. The third-order valence-electron chi connectivity index (χ3n) is 3.89. The molecule has 1 aliphatic carbocycles. The largest absolute Gasteiger partial charge is 0.490 e. The van der Waals surface area contributed by atoms with Gasteiger partial charge < -0.3 is 4.74 Å². The molecule has 1 fully saturated rings. The third kappa shape index (κ3) is 2.48. The van der Waals surface area contributed by atoms with Gasteiger partial charge in [0.2, 0.25) is 10.0 Å². The third-order valence-corrected chi connectivity index (χ3v) is 5.75. The van der Waals surface area contributed by atoms with E-state index >= 15 is 0 Å². The SMILES string of the molecule is O=S(=O)(c1ccc(OC2CC2)cc1)N1CCn2nncc2C1. The average molecular weight is 320 g/mol. The zero-order valence-corrected chi connectivity index (χ0v) is 12.7. The lowest BCUT2D eigenvalue weighted by atomic mass is 10.3. The fourth-order valence-electron chi connectivity index (χ4n) is 2.48. The Labute approximate surface area is 128 Å². The van der Waals surface area contributed by atoms with E-state index in [4.69, 9.17) is 4.74 Å². The highest BCUT2D eigenvalue weighted by Gasteiger charge is 2.29.